The maximum atomic E-state index is 6.12. The molecule has 0 unspecified atom stereocenters. The highest BCUT2D eigenvalue weighted by molar-refractivity contribution is 6.30. The molecule has 4 rings (SSSR count). The van der Waals surface area contributed by atoms with Gasteiger partial charge in [-0.1, -0.05) is 23.7 Å². The topological polar surface area (TPSA) is 51.5 Å². The lowest BCUT2D eigenvalue weighted by atomic mass is 9.93. The van der Waals surface area contributed by atoms with Crippen molar-refractivity contribution in [3.63, 3.8) is 0 Å². The van der Waals surface area contributed by atoms with E-state index in [2.05, 4.69) is 27.8 Å². The van der Waals surface area contributed by atoms with Gasteiger partial charge in [-0.15, -0.1) is 10.2 Å². The van der Waals surface area contributed by atoms with Crippen molar-refractivity contribution in [3.05, 3.63) is 47.6 Å². The molecule has 1 aliphatic carbocycles. The molecule has 1 aliphatic rings. The quantitative estimate of drug-likeness (QED) is 0.751. The zero-order valence-corrected chi connectivity index (χ0v) is 14.9. The average molecular weight is 357 g/mol. The highest BCUT2D eigenvalue weighted by Gasteiger charge is 2.20. The van der Waals surface area contributed by atoms with Crippen LogP contribution in [0.3, 0.4) is 0 Å². The molecule has 0 spiro atoms. The molecule has 130 valence electrons. The van der Waals surface area contributed by atoms with Crippen molar-refractivity contribution < 1.29 is 4.74 Å². The molecule has 5 nitrogen and oxygen atoms in total. The van der Waals surface area contributed by atoms with Gasteiger partial charge in [-0.25, -0.2) is 0 Å². The van der Waals surface area contributed by atoms with Crippen LogP contribution in [0.25, 0.3) is 17.0 Å². The summed E-state index contributed by atoms with van der Waals surface area (Å²) < 4.78 is 7.46. The Balaban J connectivity index is 1.58. The highest BCUT2D eigenvalue weighted by atomic mass is 35.5. The number of hydrogen-bond donors (Lipinski definition) is 1. The van der Waals surface area contributed by atoms with Gasteiger partial charge in [0.05, 0.1) is 11.8 Å². The lowest BCUT2D eigenvalue weighted by molar-refractivity contribution is 0.0682. The van der Waals surface area contributed by atoms with E-state index in [-0.39, 0.29) is 0 Å². The van der Waals surface area contributed by atoms with E-state index >= 15 is 0 Å². The summed E-state index contributed by atoms with van der Waals surface area (Å²) >= 11 is 6.12. The number of pyridine rings is 1. The number of halogens is 1. The molecule has 1 fully saturated rings. The van der Waals surface area contributed by atoms with Crippen LogP contribution in [0.1, 0.15) is 25.7 Å². The van der Waals surface area contributed by atoms with Gasteiger partial charge < -0.3 is 10.1 Å². The monoisotopic (exact) mass is 356 g/mol. The zero-order valence-electron chi connectivity index (χ0n) is 14.2. The third kappa shape index (κ3) is 3.48. The molecule has 0 aliphatic heterocycles. The predicted octanol–water partition coefficient (Wildman–Crippen LogP) is 4.42. The van der Waals surface area contributed by atoms with Gasteiger partial charge in [0.25, 0.3) is 0 Å². The van der Waals surface area contributed by atoms with E-state index in [1.54, 1.807) is 7.11 Å². The first-order valence-corrected chi connectivity index (χ1v) is 9.01. The van der Waals surface area contributed by atoms with Crippen LogP contribution >= 0.6 is 11.6 Å². The number of methoxy groups -OCH3 is 1. The Kier molecular flexibility index (Phi) is 4.59. The van der Waals surface area contributed by atoms with Crippen LogP contribution in [-0.2, 0) is 4.74 Å². The fourth-order valence-corrected chi connectivity index (χ4v) is 3.67. The number of aromatic nitrogens is 3. The first-order valence-electron chi connectivity index (χ1n) is 8.63. The van der Waals surface area contributed by atoms with Gasteiger partial charge in [-0.2, -0.15) is 0 Å². The number of rotatable bonds is 4. The number of ether oxygens (including phenoxy) is 1. The molecule has 1 N–H and O–H groups in total. The molecule has 0 radical (unpaired) electrons. The van der Waals surface area contributed by atoms with Crippen LogP contribution in [0.2, 0.25) is 5.02 Å². The number of nitrogens with zero attached hydrogens (tertiary/aromatic N) is 3. The van der Waals surface area contributed by atoms with Crippen LogP contribution in [0.5, 0.6) is 0 Å². The second-order valence-electron chi connectivity index (χ2n) is 6.53. The third-order valence-electron chi connectivity index (χ3n) is 4.86. The minimum absolute atomic E-state index is 0.410. The predicted molar refractivity (Wildman–Crippen MR) is 100 cm³/mol. The summed E-state index contributed by atoms with van der Waals surface area (Å²) in [5.74, 6) is 0.796. The standard InChI is InChI=1S/C19H21ClN4O/c1-25-17-8-5-15(6-9-17)21-16-7-10-18-22-23-19(24(18)12-16)13-3-2-4-14(20)11-13/h2-4,7,10-12,15,17,21H,5-6,8-9H2,1H3. The fourth-order valence-electron chi connectivity index (χ4n) is 3.48. The lowest BCUT2D eigenvalue weighted by Crippen LogP contribution is -2.29. The third-order valence-corrected chi connectivity index (χ3v) is 5.10. The molecule has 1 aromatic carbocycles. The molecule has 0 amide bonds. The van der Waals surface area contributed by atoms with Gasteiger partial charge in [0, 0.05) is 29.9 Å². The summed E-state index contributed by atoms with van der Waals surface area (Å²) in [4.78, 5) is 0. The van der Waals surface area contributed by atoms with Gasteiger partial charge in [0.1, 0.15) is 0 Å². The lowest BCUT2D eigenvalue weighted by Gasteiger charge is -2.28. The maximum Gasteiger partial charge on any atom is 0.168 e. The Labute approximate surface area is 152 Å². The first kappa shape index (κ1) is 16.4. The number of anilines is 1. The van der Waals surface area contributed by atoms with Crippen molar-refractivity contribution in [1.29, 1.82) is 0 Å². The van der Waals surface area contributed by atoms with Crippen LogP contribution in [0.4, 0.5) is 5.69 Å². The Bertz CT molecular complexity index is 871. The smallest absolute Gasteiger partial charge is 0.168 e. The Morgan fingerprint density at radius 3 is 2.72 bits per heavy atom. The molecule has 1 saturated carbocycles. The molecule has 0 bridgehead atoms. The van der Waals surface area contributed by atoms with Crippen LogP contribution in [0, 0.1) is 0 Å². The summed E-state index contributed by atoms with van der Waals surface area (Å²) in [5, 5.41) is 12.9. The minimum atomic E-state index is 0.410. The van der Waals surface area contributed by atoms with E-state index < -0.39 is 0 Å². The zero-order chi connectivity index (χ0) is 17.2. The van der Waals surface area contributed by atoms with Gasteiger partial charge in [0.2, 0.25) is 0 Å². The van der Waals surface area contributed by atoms with Crippen molar-refractivity contribution >= 4 is 22.9 Å². The SMILES string of the molecule is COC1CCC(Nc2ccc3nnc(-c4cccc(Cl)c4)n3c2)CC1. The average Bonchev–Trinajstić information content (AvgIpc) is 3.06. The summed E-state index contributed by atoms with van der Waals surface area (Å²) in [5.41, 5.74) is 2.86. The van der Waals surface area contributed by atoms with Gasteiger partial charge in [-0.3, -0.25) is 4.40 Å². The van der Waals surface area contributed by atoms with E-state index in [4.69, 9.17) is 16.3 Å². The Hall–Kier alpha value is -2.11. The first-order chi connectivity index (χ1) is 12.2. The van der Waals surface area contributed by atoms with Gasteiger partial charge in [0.15, 0.2) is 11.5 Å². The molecule has 3 aromatic rings. The van der Waals surface area contributed by atoms with Crippen LogP contribution in [0.15, 0.2) is 42.6 Å². The number of benzene rings is 1. The molecule has 2 aromatic heterocycles. The number of hydrogen-bond acceptors (Lipinski definition) is 4. The molecular formula is C19H21ClN4O. The molecule has 0 atom stereocenters. The second-order valence-corrected chi connectivity index (χ2v) is 6.97. The minimum Gasteiger partial charge on any atom is -0.381 e. The molecule has 0 saturated heterocycles. The van der Waals surface area contributed by atoms with Crippen LogP contribution < -0.4 is 5.32 Å². The van der Waals surface area contributed by atoms with E-state index in [1.165, 1.54) is 0 Å². The fraction of sp³-hybridized carbons (Fsp3) is 0.368. The van der Waals surface area contributed by atoms with Gasteiger partial charge >= 0.3 is 0 Å². The highest BCUT2D eigenvalue weighted by Crippen LogP contribution is 2.26. The molecule has 2 heterocycles. The van der Waals surface area contributed by atoms with E-state index in [9.17, 15) is 0 Å². The maximum absolute atomic E-state index is 6.12. The van der Waals surface area contributed by atoms with Crippen molar-refractivity contribution in [2.75, 3.05) is 12.4 Å². The number of fused-ring (bicyclic) bond motifs is 1. The summed E-state index contributed by atoms with van der Waals surface area (Å²) in [6.45, 7) is 0. The van der Waals surface area contributed by atoms with Crippen LogP contribution in [-0.4, -0.2) is 33.9 Å². The van der Waals surface area contributed by atoms with E-state index in [0.29, 0.717) is 17.2 Å². The summed E-state index contributed by atoms with van der Waals surface area (Å²) in [7, 11) is 1.80. The molecular weight excluding hydrogens is 336 g/mol. The Morgan fingerprint density at radius 2 is 1.96 bits per heavy atom. The van der Waals surface area contributed by atoms with Crippen molar-refractivity contribution in [1.82, 2.24) is 14.6 Å². The molecule has 6 heteroatoms. The second kappa shape index (κ2) is 7.02. The number of nitrogens with one attached hydrogen (secondary N) is 1. The largest absolute Gasteiger partial charge is 0.381 e. The van der Waals surface area contributed by atoms with E-state index in [0.717, 1.165) is 48.4 Å². The van der Waals surface area contributed by atoms with Crippen molar-refractivity contribution in [2.24, 2.45) is 0 Å². The normalized spacial score (nSPS) is 20.7. The molecule has 25 heavy (non-hydrogen) atoms. The summed E-state index contributed by atoms with van der Waals surface area (Å²) in [6, 6.07) is 12.2. The van der Waals surface area contributed by atoms with Crippen molar-refractivity contribution in [2.45, 2.75) is 37.8 Å². The van der Waals surface area contributed by atoms with E-state index in [1.807, 2.05) is 34.7 Å². The Morgan fingerprint density at radius 1 is 1.12 bits per heavy atom. The van der Waals surface area contributed by atoms with Crippen molar-refractivity contribution in [3.8, 4) is 11.4 Å². The van der Waals surface area contributed by atoms with Gasteiger partial charge in [-0.05, 0) is 49.9 Å². The summed E-state index contributed by atoms with van der Waals surface area (Å²) in [6.07, 6.45) is 6.94.